The van der Waals surface area contributed by atoms with Crippen LogP contribution >= 0.6 is 11.3 Å². The lowest BCUT2D eigenvalue weighted by molar-refractivity contribution is -0.139. The first-order valence-electron chi connectivity index (χ1n) is 10.4. The fourth-order valence-electron chi connectivity index (χ4n) is 3.73. The average Bonchev–Trinajstić information content (AvgIpc) is 3.13. The fourth-order valence-corrected chi connectivity index (χ4v) is 4.77. The van der Waals surface area contributed by atoms with Crippen molar-refractivity contribution in [3.63, 3.8) is 0 Å². The van der Waals surface area contributed by atoms with E-state index in [0.717, 1.165) is 11.1 Å². The molecule has 1 atom stereocenters. The summed E-state index contributed by atoms with van der Waals surface area (Å²) in [6, 6.07) is 15.5. The van der Waals surface area contributed by atoms with Gasteiger partial charge in [-0.05, 0) is 43.2 Å². The summed E-state index contributed by atoms with van der Waals surface area (Å²) in [4.78, 5) is 43.0. The molecule has 0 saturated heterocycles. The molecule has 8 heteroatoms. The summed E-state index contributed by atoms with van der Waals surface area (Å²) in [5, 5.41) is 0. The van der Waals surface area contributed by atoms with Crippen LogP contribution in [0.5, 0.6) is 0 Å². The zero-order valence-corrected chi connectivity index (χ0v) is 19.2. The van der Waals surface area contributed by atoms with Crippen LogP contribution in [0, 0.1) is 0 Å². The maximum absolute atomic E-state index is 13.5. The second kappa shape index (κ2) is 9.38. The van der Waals surface area contributed by atoms with Gasteiger partial charge in [-0.1, -0.05) is 53.8 Å². The second-order valence-corrected chi connectivity index (χ2v) is 8.34. The Bertz CT molecular complexity index is 1420. The van der Waals surface area contributed by atoms with E-state index in [1.807, 2.05) is 30.3 Å². The quantitative estimate of drug-likeness (QED) is 0.544. The smallest absolute Gasteiger partial charge is 0.338 e. The maximum Gasteiger partial charge on any atom is 0.338 e. The lowest BCUT2D eigenvalue weighted by atomic mass is 9.96. The first-order chi connectivity index (χ1) is 15.9. The lowest BCUT2D eigenvalue weighted by Gasteiger charge is -2.24. The monoisotopic (exact) mass is 462 g/mol. The van der Waals surface area contributed by atoms with Gasteiger partial charge in [0, 0.05) is 0 Å². The number of aromatic nitrogens is 1. The summed E-state index contributed by atoms with van der Waals surface area (Å²) in [5.74, 6) is -0.911. The molecule has 2 aromatic carbocycles. The minimum absolute atomic E-state index is 0.225. The van der Waals surface area contributed by atoms with Gasteiger partial charge >= 0.3 is 11.9 Å². The number of esters is 2. The number of ether oxygens (including phenoxy) is 2. The van der Waals surface area contributed by atoms with E-state index < -0.39 is 18.0 Å². The number of carbonyl (C=O) groups excluding carboxylic acids is 2. The predicted octanol–water partition coefficient (Wildman–Crippen LogP) is 2.58. The molecule has 7 nitrogen and oxygen atoms in total. The Morgan fingerprint density at radius 3 is 2.42 bits per heavy atom. The van der Waals surface area contributed by atoms with Gasteiger partial charge in [0.05, 0.1) is 41.1 Å². The molecule has 0 fully saturated rings. The van der Waals surface area contributed by atoms with Crippen LogP contribution in [0.15, 0.2) is 75.7 Å². The highest BCUT2D eigenvalue weighted by atomic mass is 32.1. The number of hydrogen-bond acceptors (Lipinski definition) is 7. The van der Waals surface area contributed by atoms with Gasteiger partial charge in [-0.2, -0.15) is 0 Å². The molecule has 2 heterocycles. The highest BCUT2D eigenvalue weighted by Gasteiger charge is 2.33. The van der Waals surface area contributed by atoms with Crippen LogP contribution in [0.4, 0.5) is 0 Å². The molecular formula is C25H22N2O5S. The van der Waals surface area contributed by atoms with Crippen LogP contribution in [0.1, 0.15) is 41.4 Å². The Kier molecular flexibility index (Phi) is 6.37. The third-order valence-corrected chi connectivity index (χ3v) is 6.24. The molecule has 0 saturated carbocycles. The fraction of sp³-hybridized carbons (Fsp3) is 0.200. The first-order valence-corrected chi connectivity index (χ1v) is 11.2. The molecule has 168 valence electrons. The molecule has 1 aliphatic rings. The van der Waals surface area contributed by atoms with Gasteiger partial charge in [-0.15, -0.1) is 0 Å². The summed E-state index contributed by atoms with van der Waals surface area (Å²) in [6.07, 6.45) is 1.75. The number of rotatable bonds is 5. The van der Waals surface area contributed by atoms with Crippen molar-refractivity contribution in [2.75, 3.05) is 13.7 Å². The summed E-state index contributed by atoms with van der Waals surface area (Å²) >= 11 is 1.25. The predicted molar refractivity (Wildman–Crippen MR) is 125 cm³/mol. The SMILES string of the molecule is CCOC(=O)C1=C(C)N=c2s/c(=C/c3ccc(C(=O)OC)cc3)c(=O)n2[C@@H]1c1ccccc1. The van der Waals surface area contributed by atoms with Crippen LogP contribution in [0.3, 0.4) is 0 Å². The van der Waals surface area contributed by atoms with Crippen molar-refractivity contribution in [2.24, 2.45) is 4.99 Å². The Morgan fingerprint density at radius 1 is 1.09 bits per heavy atom. The summed E-state index contributed by atoms with van der Waals surface area (Å²) < 4.78 is 12.0. The molecular weight excluding hydrogens is 440 g/mol. The zero-order valence-electron chi connectivity index (χ0n) is 18.4. The van der Waals surface area contributed by atoms with Crippen molar-refractivity contribution >= 4 is 29.4 Å². The number of nitrogens with zero attached hydrogens (tertiary/aromatic N) is 2. The van der Waals surface area contributed by atoms with Gasteiger partial charge in [-0.3, -0.25) is 9.36 Å². The van der Waals surface area contributed by atoms with Crippen LogP contribution in [0.25, 0.3) is 6.08 Å². The van der Waals surface area contributed by atoms with Gasteiger partial charge in [0.25, 0.3) is 5.56 Å². The summed E-state index contributed by atoms with van der Waals surface area (Å²) in [6.45, 7) is 3.72. The molecule has 3 aromatic rings. The molecule has 0 N–H and O–H groups in total. The first kappa shape index (κ1) is 22.4. The van der Waals surface area contributed by atoms with Crippen molar-refractivity contribution in [3.05, 3.63) is 102 Å². The van der Waals surface area contributed by atoms with Crippen LogP contribution in [-0.2, 0) is 14.3 Å². The van der Waals surface area contributed by atoms with Crippen LogP contribution in [-0.4, -0.2) is 30.2 Å². The molecule has 1 aromatic heterocycles. The zero-order chi connectivity index (χ0) is 23.5. The number of hydrogen-bond donors (Lipinski definition) is 0. The number of fused-ring (bicyclic) bond motifs is 1. The molecule has 0 unspecified atom stereocenters. The van der Waals surface area contributed by atoms with Crippen molar-refractivity contribution in [1.82, 2.24) is 4.57 Å². The summed E-state index contributed by atoms with van der Waals surface area (Å²) in [7, 11) is 1.33. The van der Waals surface area contributed by atoms with E-state index in [-0.39, 0.29) is 12.2 Å². The molecule has 0 aliphatic carbocycles. The number of thiazole rings is 1. The topological polar surface area (TPSA) is 87.0 Å². The molecule has 4 rings (SSSR count). The Balaban J connectivity index is 1.87. The van der Waals surface area contributed by atoms with Gasteiger partial charge in [0.2, 0.25) is 0 Å². The highest BCUT2D eigenvalue weighted by molar-refractivity contribution is 7.07. The highest BCUT2D eigenvalue weighted by Crippen LogP contribution is 2.30. The van der Waals surface area contributed by atoms with Crippen molar-refractivity contribution in [2.45, 2.75) is 19.9 Å². The maximum atomic E-state index is 13.5. The normalized spacial score (nSPS) is 15.6. The number of carbonyl (C=O) groups is 2. The van der Waals surface area contributed by atoms with Gasteiger partial charge in [-0.25, -0.2) is 14.6 Å². The lowest BCUT2D eigenvalue weighted by Crippen LogP contribution is -2.39. The Hall–Kier alpha value is -3.78. The van der Waals surface area contributed by atoms with E-state index in [4.69, 9.17) is 9.47 Å². The molecule has 0 bridgehead atoms. The van der Waals surface area contributed by atoms with E-state index in [1.54, 1.807) is 48.8 Å². The van der Waals surface area contributed by atoms with E-state index in [9.17, 15) is 14.4 Å². The van der Waals surface area contributed by atoms with E-state index in [0.29, 0.717) is 26.2 Å². The van der Waals surface area contributed by atoms with Crippen molar-refractivity contribution in [3.8, 4) is 0 Å². The number of methoxy groups -OCH3 is 1. The third kappa shape index (κ3) is 4.29. The molecule has 1 aliphatic heterocycles. The summed E-state index contributed by atoms with van der Waals surface area (Å²) in [5.41, 5.74) is 2.60. The molecule has 33 heavy (non-hydrogen) atoms. The standard InChI is InChI=1S/C25H22N2O5S/c1-4-32-24(30)20-15(2)26-25-27(21(20)17-8-6-5-7-9-17)22(28)19(33-25)14-16-10-12-18(13-11-16)23(29)31-3/h5-14,21H,4H2,1-3H3/b19-14+/t21-/m1/s1. The third-order valence-electron chi connectivity index (χ3n) is 5.26. The number of allylic oxidation sites excluding steroid dienone is 1. The molecule has 0 radical (unpaired) electrons. The Labute approximate surface area is 193 Å². The van der Waals surface area contributed by atoms with Gasteiger partial charge in [0.1, 0.15) is 0 Å². The van der Waals surface area contributed by atoms with Gasteiger partial charge < -0.3 is 9.47 Å². The Morgan fingerprint density at radius 2 is 1.79 bits per heavy atom. The van der Waals surface area contributed by atoms with Crippen LogP contribution < -0.4 is 14.9 Å². The minimum atomic E-state index is -0.634. The molecule has 0 amide bonds. The van der Waals surface area contributed by atoms with Crippen molar-refractivity contribution in [1.29, 1.82) is 0 Å². The largest absolute Gasteiger partial charge is 0.465 e. The minimum Gasteiger partial charge on any atom is -0.465 e. The van der Waals surface area contributed by atoms with E-state index in [2.05, 4.69) is 4.99 Å². The van der Waals surface area contributed by atoms with Crippen LogP contribution in [0.2, 0.25) is 0 Å². The van der Waals surface area contributed by atoms with Gasteiger partial charge in [0.15, 0.2) is 4.80 Å². The van der Waals surface area contributed by atoms with Crippen molar-refractivity contribution < 1.29 is 19.1 Å². The van der Waals surface area contributed by atoms with E-state index in [1.165, 1.54) is 18.4 Å². The second-order valence-electron chi connectivity index (χ2n) is 7.33. The average molecular weight is 463 g/mol. The van der Waals surface area contributed by atoms with E-state index >= 15 is 0 Å². The number of benzene rings is 2. The molecule has 0 spiro atoms.